The van der Waals surface area contributed by atoms with Gasteiger partial charge in [-0.2, -0.15) is 0 Å². The molecular formula is C35H36N2O7. The lowest BCUT2D eigenvalue weighted by molar-refractivity contribution is -0.137. The van der Waals surface area contributed by atoms with Crippen LogP contribution in [0.15, 0.2) is 91.0 Å². The van der Waals surface area contributed by atoms with Crippen LogP contribution in [-0.4, -0.2) is 62.2 Å². The van der Waals surface area contributed by atoms with Crippen molar-refractivity contribution in [3.8, 4) is 28.4 Å². The predicted molar refractivity (Wildman–Crippen MR) is 167 cm³/mol. The molecule has 44 heavy (non-hydrogen) atoms. The first-order valence-corrected chi connectivity index (χ1v) is 14.2. The Balaban J connectivity index is 1.61. The number of ether oxygens (including phenoxy) is 3. The molecule has 0 saturated carbocycles. The summed E-state index contributed by atoms with van der Waals surface area (Å²) in [5.74, 6) is 0.205. The molecule has 2 N–H and O–H groups in total. The Kier molecular flexibility index (Phi) is 11.0. The van der Waals surface area contributed by atoms with Crippen LogP contribution in [0.2, 0.25) is 0 Å². The molecule has 9 heteroatoms. The molecule has 228 valence electrons. The number of hydrogen-bond donors (Lipinski definition) is 2. The van der Waals surface area contributed by atoms with Crippen molar-refractivity contribution in [2.24, 2.45) is 0 Å². The van der Waals surface area contributed by atoms with Gasteiger partial charge in [-0.25, -0.2) is 0 Å². The molecule has 0 spiro atoms. The van der Waals surface area contributed by atoms with Gasteiger partial charge in [-0.15, -0.1) is 0 Å². The number of aliphatic carboxylic acids is 1. The van der Waals surface area contributed by atoms with Crippen LogP contribution < -0.4 is 19.5 Å². The van der Waals surface area contributed by atoms with Crippen LogP contribution in [0.4, 0.5) is 0 Å². The van der Waals surface area contributed by atoms with Crippen molar-refractivity contribution in [1.82, 2.24) is 10.2 Å². The topological polar surface area (TPSA) is 114 Å². The highest BCUT2D eigenvalue weighted by Gasteiger charge is 2.23. The number of para-hydroxylation sites is 1. The van der Waals surface area contributed by atoms with E-state index in [0.29, 0.717) is 45.9 Å². The van der Waals surface area contributed by atoms with Crippen LogP contribution >= 0.6 is 0 Å². The monoisotopic (exact) mass is 596 g/mol. The Morgan fingerprint density at radius 3 is 2.00 bits per heavy atom. The van der Waals surface area contributed by atoms with E-state index in [4.69, 9.17) is 14.2 Å². The van der Waals surface area contributed by atoms with Crippen molar-refractivity contribution in [3.63, 3.8) is 0 Å². The zero-order valence-corrected chi connectivity index (χ0v) is 25.0. The average Bonchev–Trinajstić information content (AvgIpc) is 3.06. The van der Waals surface area contributed by atoms with Crippen LogP contribution in [0.5, 0.6) is 17.2 Å². The normalized spacial score (nSPS) is 10.5. The maximum Gasteiger partial charge on any atom is 0.305 e. The van der Waals surface area contributed by atoms with Gasteiger partial charge in [-0.05, 0) is 53.4 Å². The minimum atomic E-state index is -1.00. The van der Waals surface area contributed by atoms with E-state index >= 15 is 0 Å². The first-order valence-electron chi connectivity index (χ1n) is 14.2. The Morgan fingerprint density at radius 1 is 0.705 bits per heavy atom. The standard InChI is InChI=1S/C35H36N2O7/c1-42-30-15-9-4-10-25(30)23-36-34(40)28-13-7-5-11-26(28)27-12-6-8-14-29(27)35(41)37(21-19-33(38)39)20-18-24-16-17-31(43-2)32(22-24)44-3/h4-17,22H,18-21,23H2,1-3H3,(H,36,40)(H,38,39). The summed E-state index contributed by atoms with van der Waals surface area (Å²) in [6.45, 7) is 0.560. The van der Waals surface area contributed by atoms with E-state index in [-0.39, 0.29) is 37.9 Å². The van der Waals surface area contributed by atoms with E-state index in [9.17, 15) is 19.5 Å². The van der Waals surface area contributed by atoms with Crippen molar-refractivity contribution in [3.05, 3.63) is 113 Å². The van der Waals surface area contributed by atoms with E-state index < -0.39 is 5.97 Å². The number of hydrogen-bond acceptors (Lipinski definition) is 6. The van der Waals surface area contributed by atoms with E-state index in [1.165, 1.54) is 4.90 Å². The third-order valence-electron chi connectivity index (χ3n) is 7.25. The molecule has 0 aliphatic carbocycles. The molecule has 0 fully saturated rings. The first kappa shape index (κ1) is 31.6. The fourth-order valence-electron chi connectivity index (χ4n) is 4.96. The summed E-state index contributed by atoms with van der Waals surface area (Å²) < 4.78 is 16.1. The molecule has 0 radical (unpaired) electrons. The van der Waals surface area contributed by atoms with Gasteiger partial charge in [0.1, 0.15) is 5.75 Å². The summed E-state index contributed by atoms with van der Waals surface area (Å²) in [5.41, 5.74) is 3.68. The van der Waals surface area contributed by atoms with Crippen LogP contribution in [0.1, 0.15) is 38.3 Å². The van der Waals surface area contributed by atoms with Gasteiger partial charge in [-0.3, -0.25) is 14.4 Å². The molecule has 0 saturated heterocycles. The Bertz CT molecular complexity index is 1620. The number of methoxy groups -OCH3 is 3. The fraction of sp³-hybridized carbons (Fsp3) is 0.229. The van der Waals surface area contributed by atoms with Gasteiger partial charge >= 0.3 is 5.97 Å². The zero-order chi connectivity index (χ0) is 31.5. The second kappa shape index (κ2) is 15.2. The second-order valence-electron chi connectivity index (χ2n) is 9.96. The number of amides is 2. The van der Waals surface area contributed by atoms with Crippen LogP contribution in [-0.2, 0) is 17.8 Å². The molecule has 2 amide bonds. The summed E-state index contributed by atoms with van der Waals surface area (Å²) in [4.78, 5) is 40.5. The number of nitrogens with one attached hydrogen (secondary N) is 1. The molecule has 0 aliphatic rings. The molecule has 9 nitrogen and oxygen atoms in total. The van der Waals surface area contributed by atoms with Crippen LogP contribution in [0.3, 0.4) is 0 Å². The maximum absolute atomic E-state index is 14.0. The molecule has 4 aromatic carbocycles. The van der Waals surface area contributed by atoms with Crippen molar-refractivity contribution in [1.29, 1.82) is 0 Å². The molecule has 0 aliphatic heterocycles. The SMILES string of the molecule is COc1ccccc1CNC(=O)c1ccccc1-c1ccccc1C(=O)N(CCC(=O)O)CCc1ccc(OC)c(OC)c1. The zero-order valence-electron chi connectivity index (χ0n) is 25.0. The molecule has 0 aromatic heterocycles. The molecule has 4 rings (SSSR count). The Morgan fingerprint density at radius 2 is 1.32 bits per heavy atom. The molecule has 0 bridgehead atoms. The van der Waals surface area contributed by atoms with Crippen LogP contribution in [0, 0.1) is 0 Å². The number of benzene rings is 4. The van der Waals surface area contributed by atoms with Crippen molar-refractivity contribution in [2.45, 2.75) is 19.4 Å². The van der Waals surface area contributed by atoms with Gasteiger partial charge in [0.05, 0.1) is 27.8 Å². The van der Waals surface area contributed by atoms with Gasteiger partial charge < -0.3 is 29.5 Å². The van der Waals surface area contributed by atoms with Gasteiger partial charge in [0.25, 0.3) is 11.8 Å². The summed E-state index contributed by atoms with van der Waals surface area (Å²) in [5, 5.41) is 12.4. The van der Waals surface area contributed by atoms with E-state index in [1.807, 2.05) is 42.5 Å². The lowest BCUT2D eigenvalue weighted by Crippen LogP contribution is -2.35. The third-order valence-corrected chi connectivity index (χ3v) is 7.25. The predicted octanol–water partition coefficient (Wildman–Crippen LogP) is 5.47. The van der Waals surface area contributed by atoms with Crippen molar-refractivity contribution >= 4 is 17.8 Å². The molecule has 0 atom stereocenters. The molecule has 0 heterocycles. The quantitative estimate of drug-likeness (QED) is 0.198. The number of carbonyl (C=O) groups excluding carboxylic acids is 2. The summed E-state index contributed by atoms with van der Waals surface area (Å²) in [7, 11) is 4.69. The smallest absolute Gasteiger partial charge is 0.305 e. The highest BCUT2D eigenvalue weighted by atomic mass is 16.5. The maximum atomic E-state index is 14.0. The summed E-state index contributed by atoms with van der Waals surface area (Å²) in [6, 6.07) is 27.1. The van der Waals surface area contributed by atoms with Gasteiger partial charge in [0, 0.05) is 36.3 Å². The number of nitrogens with zero attached hydrogens (tertiary/aromatic N) is 1. The lowest BCUT2D eigenvalue weighted by Gasteiger charge is -2.24. The first-order chi connectivity index (χ1) is 21.4. The third kappa shape index (κ3) is 7.74. The minimum Gasteiger partial charge on any atom is -0.496 e. The largest absolute Gasteiger partial charge is 0.496 e. The number of carboxylic acid groups (broad SMARTS) is 1. The molecule has 0 unspecified atom stereocenters. The molecule has 4 aromatic rings. The lowest BCUT2D eigenvalue weighted by atomic mass is 9.94. The highest BCUT2D eigenvalue weighted by molar-refractivity contribution is 6.06. The average molecular weight is 597 g/mol. The number of carbonyl (C=O) groups is 3. The second-order valence-corrected chi connectivity index (χ2v) is 9.96. The number of carboxylic acids is 1. The molecular weight excluding hydrogens is 560 g/mol. The van der Waals surface area contributed by atoms with Gasteiger partial charge in [-0.1, -0.05) is 60.7 Å². The van der Waals surface area contributed by atoms with Gasteiger partial charge in [0.15, 0.2) is 11.5 Å². The van der Waals surface area contributed by atoms with E-state index in [1.54, 1.807) is 69.9 Å². The van der Waals surface area contributed by atoms with Crippen molar-refractivity contribution in [2.75, 3.05) is 34.4 Å². The minimum absolute atomic E-state index is 0.0246. The van der Waals surface area contributed by atoms with Gasteiger partial charge in [0.2, 0.25) is 0 Å². The highest BCUT2D eigenvalue weighted by Crippen LogP contribution is 2.30. The fourth-order valence-corrected chi connectivity index (χ4v) is 4.96. The van der Waals surface area contributed by atoms with Crippen LogP contribution in [0.25, 0.3) is 11.1 Å². The van der Waals surface area contributed by atoms with E-state index in [2.05, 4.69) is 5.32 Å². The van der Waals surface area contributed by atoms with Crippen molar-refractivity contribution < 1.29 is 33.7 Å². The Hall–Kier alpha value is -5.31. The van der Waals surface area contributed by atoms with E-state index in [0.717, 1.165) is 11.1 Å². The summed E-state index contributed by atoms with van der Waals surface area (Å²) in [6.07, 6.45) is 0.262. The number of rotatable bonds is 14. The Labute approximate surface area is 257 Å². The summed E-state index contributed by atoms with van der Waals surface area (Å²) >= 11 is 0.